The SMILES string of the molecule is Cc1cc(C(=O)N(C)CCC(=O)O)c(C)n1-c1cccc(Cl)c1. The van der Waals surface area contributed by atoms with Crippen LogP contribution in [0.5, 0.6) is 0 Å². The average molecular weight is 335 g/mol. The Morgan fingerprint density at radius 1 is 1.26 bits per heavy atom. The summed E-state index contributed by atoms with van der Waals surface area (Å²) in [5.74, 6) is -1.11. The van der Waals surface area contributed by atoms with Crippen LogP contribution in [0.15, 0.2) is 30.3 Å². The topological polar surface area (TPSA) is 62.5 Å². The number of carbonyl (C=O) groups excluding carboxylic acids is 1. The fraction of sp³-hybridized carbons (Fsp3) is 0.294. The molecule has 0 bridgehead atoms. The molecule has 2 rings (SSSR count). The summed E-state index contributed by atoms with van der Waals surface area (Å²) in [6.45, 7) is 3.96. The Morgan fingerprint density at radius 2 is 1.96 bits per heavy atom. The van der Waals surface area contributed by atoms with Crippen LogP contribution in [0, 0.1) is 13.8 Å². The highest BCUT2D eigenvalue weighted by Crippen LogP contribution is 2.23. The van der Waals surface area contributed by atoms with Crippen molar-refractivity contribution in [3.63, 3.8) is 0 Å². The fourth-order valence-electron chi connectivity index (χ4n) is 2.56. The monoisotopic (exact) mass is 334 g/mol. The molecule has 0 unspecified atom stereocenters. The number of hydrogen-bond donors (Lipinski definition) is 1. The minimum absolute atomic E-state index is 0.0741. The maximum Gasteiger partial charge on any atom is 0.305 e. The van der Waals surface area contributed by atoms with Gasteiger partial charge in [-0.2, -0.15) is 0 Å². The standard InChI is InChI=1S/C17H19ClN2O3/c1-11-9-15(17(23)19(3)8-7-16(21)22)12(2)20(11)14-6-4-5-13(18)10-14/h4-6,9-10H,7-8H2,1-3H3,(H,21,22). The molecule has 6 heteroatoms. The Morgan fingerprint density at radius 3 is 2.57 bits per heavy atom. The largest absolute Gasteiger partial charge is 0.481 e. The van der Waals surface area contributed by atoms with Crippen molar-refractivity contribution in [2.24, 2.45) is 0 Å². The lowest BCUT2D eigenvalue weighted by Crippen LogP contribution is -2.29. The van der Waals surface area contributed by atoms with Gasteiger partial charge in [0, 0.05) is 35.7 Å². The van der Waals surface area contributed by atoms with Crippen LogP contribution in [-0.2, 0) is 4.79 Å². The number of benzene rings is 1. The summed E-state index contributed by atoms with van der Waals surface area (Å²) in [6, 6.07) is 9.23. The van der Waals surface area contributed by atoms with E-state index in [2.05, 4.69) is 0 Å². The van der Waals surface area contributed by atoms with E-state index in [9.17, 15) is 9.59 Å². The highest BCUT2D eigenvalue weighted by molar-refractivity contribution is 6.30. The molecule has 1 N–H and O–H groups in total. The van der Waals surface area contributed by atoms with Crippen LogP contribution < -0.4 is 0 Å². The number of carboxylic acids is 1. The van der Waals surface area contributed by atoms with Crippen molar-refractivity contribution in [3.8, 4) is 5.69 Å². The number of carboxylic acid groups (broad SMARTS) is 1. The molecule has 0 saturated heterocycles. The van der Waals surface area contributed by atoms with Crippen molar-refractivity contribution in [3.05, 3.63) is 52.3 Å². The Hall–Kier alpha value is -2.27. The predicted molar refractivity (Wildman–Crippen MR) is 89.5 cm³/mol. The van der Waals surface area contributed by atoms with Crippen molar-refractivity contribution in [2.75, 3.05) is 13.6 Å². The van der Waals surface area contributed by atoms with Gasteiger partial charge in [-0.1, -0.05) is 17.7 Å². The molecule has 0 radical (unpaired) electrons. The van der Waals surface area contributed by atoms with Crippen LogP contribution >= 0.6 is 11.6 Å². The third-order valence-electron chi connectivity index (χ3n) is 3.74. The lowest BCUT2D eigenvalue weighted by Gasteiger charge is -2.16. The van der Waals surface area contributed by atoms with Gasteiger partial charge in [0.1, 0.15) is 0 Å². The molecule has 1 heterocycles. The van der Waals surface area contributed by atoms with Crippen LogP contribution in [0.25, 0.3) is 5.69 Å². The number of carbonyl (C=O) groups is 2. The number of nitrogens with zero attached hydrogens (tertiary/aromatic N) is 2. The van der Waals surface area contributed by atoms with Crippen molar-refractivity contribution in [1.82, 2.24) is 9.47 Å². The maximum absolute atomic E-state index is 12.5. The Bertz CT molecular complexity index is 752. The molecule has 23 heavy (non-hydrogen) atoms. The van der Waals surface area contributed by atoms with E-state index in [1.54, 1.807) is 13.1 Å². The number of amides is 1. The molecule has 0 spiro atoms. The summed E-state index contributed by atoms with van der Waals surface area (Å²) in [5.41, 5.74) is 3.17. The van der Waals surface area contributed by atoms with Crippen LogP contribution in [-0.4, -0.2) is 40.0 Å². The van der Waals surface area contributed by atoms with E-state index >= 15 is 0 Å². The second-order valence-corrected chi connectivity index (χ2v) is 5.91. The zero-order valence-corrected chi connectivity index (χ0v) is 14.1. The summed E-state index contributed by atoms with van der Waals surface area (Å²) in [7, 11) is 1.61. The van der Waals surface area contributed by atoms with Crippen molar-refractivity contribution in [1.29, 1.82) is 0 Å². The van der Waals surface area contributed by atoms with Gasteiger partial charge >= 0.3 is 5.97 Å². The molecule has 1 aromatic carbocycles. The number of halogens is 1. The first kappa shape index (κ1) is 17.1. The Balaban J connectivity index is 2.34. The van der Waals surface area contributed by atoms with Gasteiger partial charge < -0.3 is 14.6 Å². The van der Waals surface area contributed by atoms with Crippen LogP contribution in [0.3, 0.4) is 0 Å². The summed E-state index contributed by atoms with van der Waals surface area (Å²) in [6.07, 6.45) is -0.0741. The van der Waals surface area contributed by atoms with Gasteiger partial charge in [-0.25, -0.2) is 0 Å². The summed E-state index contributed by atoms with van der Waals surface area (Å²) >= 11 is 6.05. The van der Waals surface area contributed by atoms with Gasteiger partial charge in [0.25, 0.3) is 5.91 Å². The highest BCUT2D eigenvalue weighted by atomic mass is 35.5. The summed E-state index contributed by atoms with van der Waals surface area (Å²) in [4.78, 5) is 24.6. The Kier molecular flexibility index (Phi) is 5.11. The summed E-state index contributed by atoms with van der Waals surface area (Å²) < 4.78 is 1.96. The fourth-order valence-corrected chi connectivity index (χ4v) is 2.75. The van der Waals surface area contributed by atoms with Crippen LogP contribution in [0.4, 0.5) is 0 Å². The number of hydrogen-bond acceptors (Lipinski definition) is 2. The molecule has 0 aliphatic carbocycles. The quantitative estimate of drug-likeness (QED) is 0.912. The molecule has 0 aliphatic rings. The van der Waals surface area contributed by atoms with Gasteiger partial charge in [-0.3, -0.25) is 9.59 Å². The van der Waals surface area contributed by atoms with E-state index in [1.807, 2.05) is 42.7 Å². The number of aromatic nitrogens is 1. The van der Waals surface area contributed by atoms with Gasteiger partial charge in [0.05, 0.1) is 12.0 Å². The molecular weight excluding hydrogens is 316 g/mol. The third-order valence-corrected chi connectivity index (χ3v) is 3.97. The van der Waals surface area contributed by atoms with Crippen molar-refractivity contribution < 1.29 is 14.7 Å². The molecule has 122 valence electrons. The lowest BCUT2D eigenvalue weighted by atomic mass is 10.2. The van der Waals surface area contributed by atoms with E-state index in [4.69, 9.17) is 16.7 Å². The molecule has 2 aromatic rings. The first-order chi connectivity index (χ1) is 10.8. The first-order valence-electron chi connectivity index (χ1n) is 7.23. The maximum atomic E-state index is 12.5. The second kappa shape index (κ2) is 6.87. The third kappa shape index (κ3) is 3.74. The van der Waals surface area contributed by atoms with Gasteiger partial charge in [-0.05, 0) is 38.1 Å². The van der Waals surface area contributed by atoms with Crippen molar-refractivity contribution >= 4 is 23.5 Å². The summed E-state index contributed by atoms with van der Waals surface area (Å²) in [5, 5.41) is 9.36. The van der Waals surface area contributed by atoms with Crippen LogP contribution in [0.1, 0.15) is 28.2 Å². The van der Waals surface area contributed by atoms with E-state index in [-0.39, 0.29) is 18.9 Å². The number of aliphatic carboxylic acids is 1. The minimum Gasteiger partial charge on any atom is -0.481 e. The van der Waals surface area contributed by atoms with Gasteiger partial charge in [-0.15, -0.1) is 0 Å². The zero-order chi connectivity index (χ0) is 17.1. The molecule has 5 nitrogen and oxygen atoms in total. The van der Waals surface area contributed by atoms with Gasteiger partial charge in [0.15, 0.2) is 0 Å². The number of aryl methyl sites for hydroxylation is 1. The van der Waals surface area contributed by atoms with E-state index in [1.165, 1.54) is 4.90 Å². The zero-order valence-electron chi connectivity index (χ0n) is 13.3. The Labute approximate surface area is 140 Å². The minimum atomic E-state index is -0.922. The van der Waals surface area contributed by atoms with Crippen LogP contribution in [0.2, 0.25) is 5.02 Å². The molecule has 0 aliphatic heterocycles. The first-order valence-corrected chi connectivity index (χ1v) is 7.61. The molecule has 0 saturated carbocycles. The molecule has 0 atom stereocenters. The van der Waals surface area contributed by atoms with Gasteiger partial charge in [0.2, 0.25) is 0 Å². The van der Waals surface area contributed by atoms with E-state index in [0.29, 0.717) is 10.6 Å². The number of rotatable bonds is 5. The molecule has 1 aromatic heterocycles. The smallest absolute Gasteiger partial charge is 0.305 e. The highest BCUT2D eigenvalue weighted by Gasteiger charge is 2.20. The lowest BCUT2D eigenvalue weighted by molar-refractivity contribution is -0.137. The van der Waals surface area contributed by atoms with E-state index in [0.717, 1.165) is 17.1 Å². The molecule has 1 amide bonds. The normalized spacial score (nSPS) is 10.6. The predicted octanol–water partition coefficient (Wildman–Crippen LogP) is 3.29. The van der Waals surface area contributed by atoms with Crippen molar-refractivity contribution in [2.45, 2.75) is 20.3 Å². The van der Waals surface area contributed by atoms with E-state index < -0.39 is 5.97 Å². The average Bonchev–Trinajstić information content (AvgIpc) is 2.78. The second-order valence-electron chi connectivity index (χ2n) is 5.47. The molecular formula is C17H19ClN2O3. The molecule has 0 fully saturated rings.